The quantitative estimate of drug-likeness (QED) is 0.0713. The lowest BCUT2D eigenvalue weighted by molar-refractivity contribution is -0.111. The van der Waals surface area contributed by atoms with Crippen LogP contribution in [0.15, 0.2) is 84.2 Å². The molecule has 0 aliphatic carbocycles. The minimum atomic E-state index is -1.23. The van der Waals surface area contributed by atoms with Crippen molar-refractivity contribution in [2.75, 3.05) is 32.2 Å². The molecule has 0 fully saturated rings. The molecule has 0 radical (unpaired) electrons. The summed E-state index contributed by atoms with van der Waals surface area (Å²) in [6.07, 6.45) is 9.75. The van der Waals surface area contributed by atoms with Crippen LogP contribution >= 0.6 is 11.6 Å². The Morgan fingerprint density at radius 3 is 2.51 bits per heavy atom. The number of halogens is 1. The molecule has 1 amide bonds. The fraction of sp³-hybridized carbons (Fsp3) is 0.314. The monoisotopic (exact) mass is 649 g/mol. The number of anilines is 1. The number of benzene rings is 3. The zero-order chi connectivity index (χ0) is 32.0. The lowest BCUT2D eigenvalue weighted by Gasteiger charge is -2.13. The first kappa shape index (κ1) is 34.1. The van der Waals surface area contributed by atoms with E-state index in [0.717, 1.165) is 55.0 Å². The van der Waals surface area contributed by atoms with E-state index in [-0.39, 0.29) is 5.91 Å². The van der Waals surface area contributed by atoms with Crippen molar-refractivity contribution in [1.29, 1.82) is 0 Å². The van der Waals surface area contributed by atoms with Gasteiger partial charge in [-0.2, -0.15) is 0 Å². The Bertz CT molecular complexity index is 1540. The lowest BCUT2D eigenvalue weighted by Crippen LogP contribution is -2.11. The summed E-state index contributed by atoms with van der Waals surface area (Å²) in [5.41, 5.74) is 4.00. The Kier molecular flexibility index (Phi) is 13.4. The third-order valence-electron chi connectivity index (χ3n) is 6.94. The second-order valence-electron chi connectivity index (χ2n) is 10.3. The Balaban J connectivity index is 1.37. The van der Waals surface area contributed by atoms with E-state index in [9.17, 15) is 9.35 Å². The van der Waals surface area contributed by atoms with Gasteiger partial charge in [-0.15, -0.1) is 0 Å². The van der Waals surface area contributed by atoms with Gasteiger partial charge in [-0.1, -0.05) is 44.0 Å². The summed E-state index contributed by atoms with van der Waals surface area (Å²) in [6.45, 7) is 6.86. The number of carbonyl (C=O) groups excluding carboxylic acids is 1. The fourth-order valence-electron chi connectivity index (χ4n) is 4.60. The summed E-state index contributed by atoms with van der Waals surface area (Å²) < 4.78 is 31.8. The van der Waals surface area contributed by atoms with E-state index >= 15 is 0 Å². The SMILES string of the molecule is CCCCOCCOc1ccc(-c2cc(Cl)c(OC)c(/C=C/C(=O)Nc3ccc([S@+]([O-])Cc4cncn4CCC)cc3)c2)cc1. The predicted molar refractivity (Wildman–Crippen MR) is 181 cm³/mol. The minimum Gasteiger partial charge on any atom is -0.611 e. The maximum atomic E-state index is 12.9. The van der Waals surface area contributed by atoms with Gasteiger partial charge in [-0.25, -0.2) is 4.98 Å². The first-order valence-electron chi connectivity index (χ1n) is 15.1. The average molecular weight is 650 g/mol. The number of nitrogens with one attached hydrogen (secondary N) is 1. The molecule has 1 N–H and O–H groups in total. The predicted octanol–water partition coefficient (Wildman–Crippen LogP) is 7.78. The number of rotatable bonds is 17. The van der Waals surface area contributed by atoms with Crippen LogP contribution in [0.1, 0.15) is 44.4 Å². The number of ether oxygens (including phenoxy) is 3. The second-order valence-corrected chi connectivity index (χ2v) is 12.2. The van der Waals surface area contributed by atoms with Gasteiger partial charge in [0.1, 0.15) is 18.1 Å². The Labute approximate surface area is 273 Å². The molecule has 0 saturated carbocycles. The summed E-state index contributed by atoms with van der Waals surface area (Å²) in [5, 5.41) is 3.28. The van der Waals surface area contributed by atoms with Crippen molar-refractivity contribution in [3.8, 4) is 22.6 Å². The topological polar surface area (TPSA) is 97.7 Å². The van der Waals surface area contributed by atoms with Crippen molar-refractivity contribution in [3.63, 3.8) is 0 Å². The number of aromatic nitrogens is 2. The highest BCUT2D eigenvalue weighted by Crippen LogP contribution is 2.35. The molecule has 238 valence electrons. The van der Waals surface area contributed by atoms with E-state index in [2.05, 4.69) is 24.1 Å². The van der Waals surface area contributed by atoms with E-state index in [1.54, 1.807) is 50.0 Å². The van der Waals surface area contributed by atoms with Gasteiger partial charge < -0.3 is 28.6 Å². The number of nitrogens with zero attached hydrogens (tertiary/aromatic N) is 2. The number of hydrogen-bond acceptors (Lipinski definition) is 6. The van der Waals surface area contributed by atoms with Crippen molar-refractivity contribution >= 4 is 40.4 Å². The molecule has 45 heavy (non-hydrogen) atoms. The van der Waals surface area contributed by atoms with Crippen molar-refractivity contribution in [2.24, 2.45) is 0 Å². The number of carbonyl (C=O) groups is 1. The van der Waals surface area contributed by atoms with Crippen LogP contribution in [0.5, 0.6) is 11.5 Å². The van der Waals surface area contributed by atoms with Gasteiger partial charge in [0.15, 0.2) is 10.6 Å². The fourth-order valence-corrected chi connectivity index (χ4v) is 6.02. The number of hydrogen-bond donors (Lipinski definition) is 1. The summed E-state index contributed by atoms with van der Waals surface area (Å²) >= 11 is 5.33. The van der Waals surface area contributed by atoms with Crippen LogP contribution in [0, 0.1) is 0 Å². The zero-order valence-electron chi connectivity index (χ0n) is 26.0. The van der Waals surface area contributed by atoms with Crippen molar-refractivity contribution in [2.45, 2.75) is 50.3 Å². The molecule has 0 bridgehead atoms. The summed E-state index contributed by atoms with van der Waals surface area (Å²) in [4.78, 5) is 17.6. The molecule has 0 unspecified atom stereocenters. The molecule has 0 aliphatic rings. The van der Waals surface area contributed by atoms with Gasteiger partial charge >= 0.3 is 0 Å². The largest absolute Gasteiger partial charge is 0.611 e. The van der Waals surface area contributed by atoms with Crippen LogP contribution in [0.4, 0.5) is 5.69 Å². The smallest absolute Gasteiger partial charge is 0.248 e. The van der Waals surface area contributed by atoms with Crippen LogP contribution in [-0.4, -0.2) is 46.9 Å². The highest BCUT2D eigenvalue weighted by Gasteiger charge is 2.15. The first-order chi connectivity index (χ1) is 21.9. The van der Waals surface area contributed by atoms with Gasteiger partial charge in [0.2, 0.25) is 5.91 Å². The Morgan fingerprint density at radius 1 is 1.02 bits per heavy atom. The van der Waals surface area contributed by atoms with Crippen LogP contribution in [0.3, 0.4) is 0 Å². The normalized spacial score (nSPS) is 11.9. The summed E-state index contributed by atoms with van der Waals surface area (Å²) in [7, 11) is 1.54. The standard InChI is InChI=1S/C35H40ClN3O5S/c1-4-6-18-43-19-20-44-31-12-7-26(8-13-31)28-21-27(35(42-3)33(36)22-28)9-16-34(40)38-29-10-14-32(15-11-29)45(41)24-30-23-37-25-39(30)17-5-2/h7-16,21-23,25H,4-6,17-20,24H2,1-3H3,(H,38,40)/b16-9+/t45-/m1/s1. The number of methoxy groups -OCH3 is 1. The van der Waals surface area contributed by atoms with Gasteiger partial charge in [-0.05, 0) is 89.8 Å². The van der Waals surface area contributed by atoms with E-state index in [1.165, 1.54) is 6.08 Å². The summed E-state index contributed by atoms with van der Waals surface area (Å²) in [6, 6.07) is 18.5. The number of aryl methyl sites for hydroxylation is 1. The van der Waals surface area contributed by atoms with Crippen LogP contribution in [0.2, 0.25) is 5.02 Å². The van der Waals surface area contributed by atoms with Gasteiger partial charge in [0.05, 0.1) is 37.0 Å². The Morgan fingerprint density at radius 2 is 1.80 bits per heavy atom. The molecule has 8 nitrogen and oxygen atoms in total. The van der Waals surface area contributed by atoms with Crippen molar-refractivity contribution < 1.29 is 23.6 Å². The maximum Gasteiger partial charge on any atom is 0.248 e. The molecule has 4 rings (SSSR count). The first-order valence-corrected chi connectivity index (χ1v) is 16.8. The maximum absolute atomic E-state index is 12.9. The lowest BCUT2D eigenvalue weighted by atomic mass is 10.0. The zero-order valence-corrected chi connectivity index (χ0v) is 27.5. The van der Waals surface area contributed by atoms with E-state index in [1.807, 2.05) is 41.0 Å². The molecule has 4 aromatic rings. The van der Waals surface area contributed by atoms with Crippen LogP contribution < -0.4 is 14.8 Å². The molecular weight excluding hydrogens is 610 g/mol. The van der Waals surface area contributed by atoms with E-state index < -0.39 is 11.2 Å². The molecule has 1 aromatic heterocycles. The average Bonchev–Trinajstić information content (AvgIpc) is 3.48. The number of unbranched alkanes of at least 4 members (excludes halogenated alkanes) is 1. The van der Waals surface area contributed by atoms with E-state index in [4.69, 9.17) is 25.8 Å². The van der Waals surface area contributed by atoms with Gasteiger partial charge in [-0.3, -0.25) is 4.79 Å². The summed E-state index contributed by atoms with van der Waals surface area (Å²) in [5.74, 6) is 1.29. The molecule has 10 heteroatoms. The molecule has 0 aliphatic heterocycles. The number of imidazole rings is 1. The highest BCUT2D eigenvalue weighted by molar-refractivity contribution is 7.90. The molecule has 3 aromatic carbocycles. The Hall–Kier alpha value is -3.76. The molecular formula is C35H40ClN3O5S. The molecule has 1 heterocycles. The highest BCUT2D eigenvalue weighted by atomic mass is 35.5. The number of amides is 1. The second kappa shape index (κ2) is 17.7. The molecule has 1 atom stereocenters. The van der Waals surface area contributed by atoms with Gasteiger partial charge in [0.25, 0.3) is 0 Å². The van der Waals surface area contributed by atoms with Crippen molar-refractivity contribution in [1.82, 2.24) is 9.55 Å². The third-order valence-corrected chi connectivity index (χ3v) is 8.58. The van der Waals surface area contributed by atoms with Crippen LogP contribution in [0.25, 0.3) is 17.2 Å². The molecule has 0 spiro atoms. The van der Waals surface area contributed by atoms with Gasteiger partial charge in [0, 0.05) is 30.5 Å². The molecule has 0 saturated heterocycles. The third kappa shape index (κ3) is 10.1. The van der Waals surface area contributed by atoms with Crippen LogP contribution in [-0.2, 0) is 33.0 Å². The minimum absolute atomic E-state index is 0.323. The van der Waals surface area contributed by atoms with E-state index in [0.29, 0.717) is 45.9 Å². The van der Waals surface area contributed by atoms with Crippen molar-refractivity contribution in [3.05, 3.63) is 95.5 Å².